The van der Waals surface area contributed by atoms with E-state index < -0.39 is 6.10 Å². The van der Waals surface area contributed by atoms with Gasteiger partial charge in [-0.2, -0.15) is 0 Å². The van der Waals surface area contributed by atoms with Crippen molar-refractivity contribution in [3.8, 4) is 5.88 Å². The van der Waals surface area contributed by atoms with Gasteiger partial charge in [0.05, 0.1) is 25.0 Å². The summed E-state index contributed by atoms with van der Waals surface area (Å²) < 4.78 is 5.51. The molecule has 0 bridgehead atoms. The van der Waals surface area contributed by atoms with E-state index in [9.17, 15) is 5.11 Å². The molecule has 4 N–H and O–H groups in total. The van der Waals surface area contributed by atoms with Gasteiger partial charge in [0.15, 0.2) is 0 Å². The third-order valence-electron chi connectivity index (χ3n) is 2.05. The third kappa shape index (κ3) is 5.12. The van der Waals surface area contributed by atoms with Gasteiger partial charge in [-0.1, -0.05) is 13.8 Å². The molecule has 0 aromatic carbocycles. The summed E-state index contributed by atoms with van der Waals surface area (Å²) in [4.78, 5) is 4.27. The van der Waals surface area contributed by atoms with Crippen LogP contribution in [0.1, 0.15) is 13.8 Å². The van der Waals surface area contributed by atoms with Gasteiger partial charge in [-0.15, -0.1) is 11.8 Å². The normalized spacial score (nSPS) is 12.7. The van der Waals surface area contributed by atoms with Crippen molar-refractivity contribution < 1.29 is 14.9 Å². The van der Waals surface area contributed by atoms with Crippen molar-refractivity contribution in [2.24, 2.45) is 5.92 Å². The number of aliphatic hydroxyl groups excluding tert-OH is 2. The molecular weight excluding hydrogens is 252 g/mol. The van der Waals surface area contributed by atoms with E-state index in [2.05, 4.69) is 4.98 Å². The lowest BCUT2D eigenvalue weighted by Gasteiger charge is -2.11. The molecule has 0 aliphatic rings. The summed E-state index contributed by atoms with van der Waals surface area (Å²) in [7, 11) is 0. The molecule has 0 radical (unpaired) electrons. The first kappa shape index (κ1) is 15.1. The van der Waals surface area contributed by atoms with Gasteiger partial charge >= 0.3 is 0 Å². The summed E-state index contributed by atoms with van der Waals surface area (Å²) in [5.41, 5.74) is 6.27. The standard InChI is InChI=1S/C12H20N2O3S/c1-8(2)6-17-12-10(13)3-4-11(14-12)18-7-9(16)5-15/h3-4,8-9,15-16H,5-7,13H2,1-2H3. The zero-order valence-corrected chi connectivity index (χ0v) is 11.5. The predicted octanol–water partition coefficient (Wildman–Crippen LogP) is 1.14. The number of nitrogens with zero attached hydrogens (tertiary/aromatic N) is 1. The Morgan fingerprint density at radius 1 is 1.44 bits per heavy atom. The highest BCUT2D eigenvalue weighted by Crippen LogP contribution is 2.25. The molecule has 1 unspecified atom stereocenters. The molecule has 18 heavy (non-hydrogen) atoms. The number of pyridine rings is 1. The van der Waals surface area contributed by atoms with Crippen molar-refractivity contribution in [2.45, 2.75) is 25.0 Å². The van der Waals surface area contributed by atoms with Crippen LogP contribution in [0.3, 0.4) is 0 Å². The highest BCUT2D eigenvalue weighted by atomic mass is 32.2. The van der Waals surface area contributed by atoms with Gasteiger partial charge in [-0.05, 0) is 18.1 Å². The minimum atomic E-state index is -0.741. The fourth-order valence-corrected chi connectivity index (χ4v) is 1.89. The smallest absolute Gasteiger partial charge is 0.238 e. The molecule has 102 valence electrons. The molecule has 1 aromatic rings. The molecule has 0 saturated heterocycles. The summed E-state index contributed by atoms with van der Waals surface area (Å²) in [6.07, 6.45) is -0.741. The molecule has 1 rings (SSSR count). The summed E-state index contributed by atoms with van der Waals surface area (Å²) >= 11 is 1.35. The Bertz CT molecular complexity index is 374. The minimum Gasteiger partial charge on any atom is -0.476 e. The first-order chi connectivity index (χ1) is 8.52. The van der Waals surface area contributed by atoms with Crippen LogP contribution in [0.5, 0.6) is 5.88 Å². The summed E-state index contributed by atoms with van der Waals surface area (Å²) in [5.74, 6) is 1.21. The Labute approximate surface area is 111 Å². The van der Waals surface area contributed by atoms with Crippen LogP contribution in [0.25, 0.3) is 0 Å². The summed E-state index contributed by atoms with van der Waals surface area (Å²) in [6.45, 7) is 4.40. The Morgan fingerprint density at radius 2 is 2.17 bits per heavy atom. The van der Waals surface area contributed by atoms with Crippen molar-refractivity contribution in [3.05, 3.63) is 12.1 Å². The van der Waals surface area contributed by atoms with Crippen LogP contribution >= 0.6 is 11.8 Å². The quantitative estimate of drug-likeness (QED) is 0.645. The van der Waals surface area contributed by atoms with Crippen LogP contribution in [0.2, 0.25) is 0 Å². The maximum atomic E-state index is 9.26. The minimum absolute atomic E-state index is 0.251. The van der Waals surface area contributed by atoms with E-state index in [4.69, 9.17) is 15.6 Å². The first-order valence-corrected chi connectivity index (χ1v) is 6.82. The van der Waals surface area contributed by atoms with Gasteiger partial charge in [0.2, 0.25) is 5.88 Å². The lowest BCUT2D eigenvalue weighted by atomic mass is 10.2. The van der Waals surface area contributed by atoms with Crippen LogP contribution in [0.4, 0.5) is 5.69 Å². The Morgan fingerprint density at radius 3 is 2.78 bits per heavy atom. The molecule has 0 amide bonds. The number of rotatable bonds is 7. The Hall–Kier alpha value is -0.980. The van der Waals surface area contributed by atoms with E-state index in [1.807, 2.05) is 13.8 Å². The number of thioether (sulfide) groups is 1. The van der Waals surface area contributed by atoms with Crippen molar-refractivity contribution >= 4 is 17.4 Å². The maximum absolute atomic E-state index is 9.26. The maximum Gasteiger partial charge on any atom is 0.238 e. The Balaban J connectivity index is 2.62. The van der Waals surface area contributed by atoms with E-state index in [0.717, 1.165) is 5.03 Å². The van der Waals surface area contributed by atoms with Gasteiger partial charge in [0, 0.05) is 5.75 Å². The van der Waals surface area contributed by atoms with E-state index in [1.165, 1.54) is 11.8 Å². The van der Waals surface area contributed by atoms with Crippen LogP contribution in [-0.2, 0) is 0 Å². The average Bonchev–Trinajstić information content (AvgIpc) is 2.35. The zero-order valence-electron chi connectivity index (χ0n) is 10.7. The highest BCUT2D eigenvalue weighted by Gasteiger charge is 2.08. The number of hydrogen-bond donors (Lipinski definition) is 3. The topological polar surface area (TPSA) is 88.6 Å². The number of hydrogen-bond acceptors (Lipinski definition) is 6. The molecular formula is C12H20N2O3S. The second-order valence-electron chi connectivity index (χ2n) is 4.40. The van der Waals surface area contributed by atoms with Crippen molar-refractivity contribution in [1.82, 2.24) is 4.98 Å². The third-order valence-corrected chi connectivity index (χ3v) is 3.13. The largest absolute Gasteiger partial charge is 0.476 e. The lowest BCUT2D eigenvalue weighted by molar-refractivity contribution is 0.113. The van der Waals surface area contributed by atoms with Crippen LogP contribution in [-0.4, -0.2) is 40.3 Å². The molecule has 0 aliphatic heterocycles. The SMILES string of the molecule is CC(C)COc1nc(SCC(O)CO)ccc1N. The number of aliphatic hydroxyl groups is 2. The molecule has 1 heterocycles. The Kier molecular flexibility index (Phi) is 6.24. The van der Waals surface area contributed by atoms with Crippen molar-refractivity contribution in [2.75, 3.05) is 24.7 Å². The van der Waals surface area contributed by atoms with Gasteiger partial charge in [-0.3, -0.25) is 0 Å². The van der Waals surface area contributed by atoms with E-state index in [1.54, 1.807) is 12.1 Å². The van der Waals surface area contributed by atoms with Crippen LogP contribution in [0, 0.1) is 5.92 Å². The molecule has 5 nitrogen and oxygen atoms in total. The molecule has 1 aromatic heterocycles. The number of anilines is 1. The van der Waals surface area contributed by atoms with Crippen LogP contribution < -0.4 is 10.5 Å². The lowest BCUT2D eigenvalue weighted by Crippen LogP contribution is -2.14. The summed E-state index contributed by atoms with van der Waals surface area (Å²) in [6, 6.07) is 3.50. The molecule has 0 spiro atoms. The number of aromatic nitrogens is 1. The van der Waals surface area contributed by atoms with Gasteiger partial charge < -0.3 is 20.7 Å². The van der Waals surface area contributed by atoms with Crippen molar-refractivity contribution in [1.29, 1.82) is 0 Å². The molecule has 0 saturated carbocycles. The van der Waals surface area contributed by atoms with E-state index >= 15 is 0 Å². The number of nitrogens with two attached hydrogens (primary N) is 1. The van der Waals surface area contributed by atoms with E-state index in [-0.39, 0.29) is 6.61 Å². The first-order valence-electron chi connectivity index (χ1n) is 5.84. The number of nitrogen functional groups attached to an aromatic ring is 1. The van der Waals surface area contributed by atoms with Gasteiger partial charge in [0.1, 0.15) is 5.03 Å². The molecule has 0 aliphatic carbocycles. The fraction of sp³-hybridized carbons (Fsp3) is 0.583. The number of ether oxygens (including phenoxy) is 1. The van der Waals surface area contributed by atoms with Gasteiger partial charge in [-0.25, -0.2) is 4.98 Å². The average molecular weight is 272 g/mol. The summed E-state index contributed by atoms with van der Waals surface area (Å²) in [5, 5.41) is 18.7. The molecule has 1 atom stereocenters. The fourth-order valence-electron chi connectivity index (χ4n) is 1.11. The molecule has 0 fully saturated rings. The predicted molar refractivity (Wildman–Crippen MR) is 72.8 cm³/mol. The second kappa shape index (κ2) is 7.45. The second-order valence-corrected chi connectivity index (χ2v) is 5.44. The van der Waals surface area contributed by atoms with Gasteiger partial charge in [0.25, 0.3) is 0 Å². The van der Waals surface area contributed by atoms with Crippen molar-refractivity contribution in [3.63, 3.8) is 0 Å². The van der Waals surface area contributed by atoms with Crippen LogP contribution in [0.15, 0.2) is 17.2 Å². The van der Waals surface area contributed by atoms with E-state index in [0.29, 0.717) is 29.8 Å². The zero-order chi connectivity index (χ0) is 13.5. The molecule has 6 heteroatoms. The highest BCUT2D eigenvalue weighted by molar-refractivity contribution is 7.99. The monoisotopic (exact) mass is 272 g/mol.